The van der Waals surface area contributed by atoms with Crippen LogP contribution in [0.5, 0.6) is 5.75 Å². The standard InChI is InChI=1S/C25H32FNO5/c1-5-10-32-15-18-14-19(27-25(24(28)29)8-11-31-12-9-25)6-7-20(18)21-13-16(2)17(3)23(30-4)22(21)26/h6-7,13-14,27H,5,8-12,15H2,1-4H3,(H,28,29). The van der Waals surface area contributed by atoms with E-state index in [9.17, 15) is 9.90 Å². The molecule has 0 amide bonds. The highest BCUT2D eigenvalue weighted by atomic mass is 19.1. The smallest absolute Gasteiger partial charge is 0.329 e. The third-order valence-corrected chi connectivity index (χ3v) is 6.07. The van der Waals surface area contributed by atoms with E-state index >= 15 is 4.39 Å². The van der Waals surface area contributed by atoms with Crippen LogP contribution in [0.25, 0.3) is 11.1 Å². The monoisotopic (exact) mass is 445 g/mol. The number of carbonyl (C=O) groups is 1. The number of carboxylic acid groups (broad SMARTS) is 1. The maximum Gasteiger partial charge on any atom is 0.329 e. The number of benzene rings is 2. The first-order valence-electron chi connectivity index (χ1n) is 11.0. The van der Waals surface area contributed by atoms with Gasteiger partial charge in [-0.2, -0.15) is 0 Å². The molecule has 2 aromatic carbocycles. The molecule has 174 valence electrons. The second kappa shape index (κ2) is 10.3. The SMILES string of the molecule is CCCOCc1cc(NC2(C(=O)O)CCOCC2)ccc1-c1cc(C)c(C)c(OC)c1F. The molecule has 0 spiro atoms. The fourth-order valence-electron chi connectivity index (χ4n) is 4.06. The van der Waals surface area contributed by atoms with Gasteiger partial charge < -0.3 is 24.6 Å². The van der Waals surface area contributed by atoms with Crippen LogP contribution in [0.2, 0.25) is 0 Å². The Kier molecular flexibility index (Phi) is 7.74. The van der Waals surface area contributed by atoms with Gasteiger partial charge in [0.05, 0.1) is 13.7 Å². The summed E-state index contributed by atoms with van der Waals surface area (Å²) in [4.78, 5) is 12.0. The maximum atomic E-state index is 15.3. The van der Waals surface area contributed by atoms with Crippen molar-refractivity contribution in [3.8, 4) is 16.9 Å². The summed E-state index contributed by atoms with van der Waals surface area (Å²) in [6.45, 7) is 7.41. The molecular weight excluding hydrogens is 413 g/mol. The number of aliphatic carboxylic acids is 1. The van der Waals surface area contributed by atoms with Crippen LogP contribution in [0.15, 0.2) is 24.3 Å². The Morgan fingerprint density at radius 1 is 1.22 bits per heavy atom. The third-order valence-electron chi connectivity index (χ3n) is 6.07. The van der Waals surface area contributed by atoms with Crippen LogP contribution in [0.3, 0.4) is 0 Å². The number of carboxylic acids is 1. The van der Waals surface area contributed by atoms with Crippen molar-refractivity contribution in [3.63, 3.8) is 0 Å². The molecule has 7 heteroatoms. The van der Waals surface area contributed by atoms with Crippen LogP contribution in [0.4, 0.5) is 10.1 Å². The summed E-state index contributed by atoms with van der Waals surface area (Å²) >= 11 is 0. The Hall–Kier alpha value is -2.64. The normalized spacial score (nSPS) is 15.4. The fourth-order valence-corrected chi connectivity index (χ4v) is 4.06. The van der Waals surface area contributed by atoms with Gasteiger partial charge in [-0.3, -0.25) is 0 Å². The molecule has 1 aliphatic rings. The molecule has 0 aromatic heterocycles. The highest BCUT2D eigenvalue weighted by Crippen LogP contribution is 2.37. The predicted octanol–water partition coefficient (Wildman–Crippen LogP) is 5.09. The minimum absolute atomic E-state index is 0.231. The van der Waals surface area contributed by atoms with Gasteiger partial charge in [-0.1, -0.05) is 13.0 Å². The predicted molar refractivity (Wildman–Crippen MR) is 122 cm³/mol. The summed E-state index contributed by atoms with van der Waals surface area (Å²) in [5, 5.41) is 13.1. The van der Waals surface area contributed by atoms with Gasteiger partial charge >= 0.3 is 5.97 Å². The zero-order valence-corrected chi connectivity index (χ0v) is 19.2. The molecule has 0 bridgehead atoms. The Morgan fingerprint density at radius 2 is 1.94 bits per heavy atom. The van der Waals surface area contributed by atoms with Crippen LogP contribution < -0.4 is 10.1 Å². The summed E-state index contributed by atoms with van der Waals surface area (Å²) in [6, 6.07) is 7.27. The first-order valence-corrected chi connectivity index (χ1v) is 11.0. The third kappa shape index (κ3) is 4.89. The topological polar surface area (TPSA) is 77.0 Å². The first kappa shape index (κ1) is 24.0. The van der Waals surface area contributed by atoms with Gasteiger partial charge in [-0.15, -0.1) is 0 Å². The molecule has 1 aliphatic heterocycles. The minimum Gasteiger partial charge on any atom is -0.493 e. The van der Waals surface area contributed by atoms with E-state index in [4.69, 9.17) is 14.2 Å². The Labute approximate surface area is 188 Å². The van der Waals surface area contributed by atoms with Crippen LogP contribution >= 0.6 is 0 Å². The molecule has 1 heterocycles. The number of halogens is 1. The largest absolute Gasteiger partial charge is 0.493 e. The van der Waals surface area contributed by atoms with Crippen LogP contribution in [0.1, 0.15) is 42.9 Å². The summed E-state index contributed by atoms with van der Waals surface area (Å²) in [5.74, 6) is -1.09. The van der Waals surface area contributed by atoms with Gasteiger partial charge in [-0.05, 0) is 60.7 Å². The summed E-state index contributed by atoms with van der Waals surface area (Å²) in [7, 11) is 1.46. The molecule has 6 nitrogen and oxygen atoms in total. The van der Waals surface area contributed by atoms with E-state index < -0.39 is 17.3 Å². The first-order chi connectivity index (χ1) is 15.3. The highest BCUT2D eigenvalue weighted by Gasteiger charge is 2.40. The van der Waals surface area contributed by atoms with Crippen molar-refractivity contribution < 1.29 is 28.5 Å². The van der Waals surface area contributed by atoms with Crippen molar-refractivity contribution in [2.75, 3.05) is 32.2 Å². The average Bonchev–Trinajstić information content (AvgIpc) is 2.78. The van der Waals surface area contributed by atoms with E-state index in [-0.39, 0.29) is 12.4 Å². The van der Waals surface area contributed by atoms with E-state index in [2.05, 4.69) is 5.32 Å². The van der Waals surface area contributed by atoms with Gasteiger partial charge in [0.2, 0.25) is 0 Å². The van der Waals surface area contributed by atoms with Crippen LogP contribution in [0, 0.1) is 19.7 Å². The van der Waals surface area contributed by atoms with Gasteiger partial charge in [0.15, 0.2) is 11.6 Å². The van der Waals surface area contributed by atoms with Crippen molar-refractivity contribution in [2.24, 2.45) is 0 Å². The van der Waals surface area contributed by atoms with E-state index in [1.54, 1.807) is 6.07 Å². The number of ether oxygens (including phenoxy) is 3. The Balaban J connectivity index is 2.04. The number of hydrogen-bond acceptors (Lipinski definition) is 5. The average molecular weight is 446 g/mol. The summed E-state index contributed by atoms with van der Waals surface area (Å²) in [5.41, 5.74) is 3.17. The molecule has 0 atom stereocenters. The second-order valence-electron chi connectivity index (χ2n) is 8.26. The molecule has 0 radical (unpaired) electrons. The van der Waals surface area contributed by atoms with Crippen molar-refractivity contribution in [3.05, 3.63) is 46.8 Å². The van der Waals surface area contributed by atoms with Crippen molar-refractivity contribution in [1.82, 2.24) is 0 Å². The highest BCUT2D eigenvalue weighted by molar-refractivity contribution is 5.83. The number of methoxy groups -OCH3 is 1. The number of anilines is 1. The number of hydrogen-bond donors (Lipinski definition) is 2. The molecular formula is C25H32FNO5. The lowest BCUT2D eigenvalue weighted by Gasteiger charge is -2.35. The fraction of sp³-hybridized carbons (Fsp3) is 0.480. The molecule has 2 aromatic rings. The molecule has 3 rings (SSSR count). The van der Waals surface area contributed by atoms with Gasteiger partial charge in [0.1, 0.15) is 5.54 Å². The van der Waals surface area contributed by atoms with E-state index in [0.29, 0.717) is 49.5 Å². The molecule has 0 unspecified atom stereocenters. The summed E-state index contributed by atoms with van der Waals surface area (Å²) < 4.78 is 31.8. The van der Waals surface area contributed by atoms with Gasteiger partial charge in [0.25, 0.3) is 0 Å². The maximum absolute atomic E-state index is 15.3. The summed E-state index contributed by atoms with van der Waals surface area (Å²) in [6.07, 6.45) is 1.60. The van der Waals surface area contributed by atoms with Crippen molar-refractivity contribution in [2.45, 2.75) is 52.2 Å². The lowest BCUT2D eigenvalue weighted by Crippen LogP contribution is -2.50. The van der Waals surface area contributed by atoms with Crippen LogP contribution in [-0.4, -0.2) is 43.5 Å². The molecule has 2 N–H and O–H groups in total. The molecule has 32 heavy (non-hydrogen) atoms. The van der Waals surface area contributed by atoms with Gasteiger partial charge in [-0.25, -0.2) is 9.18 Å². The molecule has 1 fully saturated rings. The Morgan fingerprint density at radius 3 is 2.56 bits per heavy atom. The van der Waals surface area contributed by atoms with Gasteiger partial charge in [0, 0.05) is 43.9 Å². The molecule has 1 saturated heterocycles. The minimum atomic E-state index is -1.09. The van der Waals surface area contributed by atoms with Crippen LogP contribution in [-0.2, 0) is 20.9 Å². The zero-order chi connectivity index (χ0) is 23.3. The van der Waals surface area contributed by atoms with E-state index in [1.165, 1.54) is 7.11 Å². The van der Waals surface area contributed by atoms with Crippen molar-refractivity contribution >= 4 is 11.7 Å². The molecule has 0 aliphatic carbocycles. The number of nitrogens with one attached hydrogen (secondary N) is 1. The van der Waals surface area contributed by atoms with E-state index in [1.807, 2.05) is 39.0 Å². The van der Waals surface area contributed by atoms with Crippen molar-refractivity contribution in [1.29, 1.82) is 0 Å². The zero-order valence-electron chi connectivity index (χ0n) is 19.2. The second-order valence-corrected chi connectivity index (χ2v) is 8.26. The number of aryl methyl sites for hydroxylation is 1. The Bertz CT molecular complexity index is 969. The quantitative estimate of drug-likeness (QED) is 0.524. The lowest BCUT2D eigenvalue weighted by molar-refractivity contribution is -0.145. The molecule has 0 saturated carbocycles. The lowest BCUT2D eigenvalue weighted by atomic mass is 9.89. The number of rotatable bonds is 9. The van der Waals surface area contributed by atoms with E-state index in [0.717, 1.165) is 23.1 Å².